The Bertz CT molecular complexity index is 1470. The molecule has 3 aromatic rings. The highest BCUT2D eigenvalue weighted by atomic mass is 32.2. The largest absolute Gasteiger partial charge is 0.503 e. The average Bonchev–Trinajstić information content (AvgIpc) is 3.37. The first-order valence-electron chi connectivity index (χ1n) is 11.9. The number of aryl methyl sites for hydroxylation is 1. The summed E-state index contributed by atoms with van der Waals surface area (Å²) in [4.78, 5) is 32.1. The molecule has 200 valence electrons. The Kier molecular flexibility index (Phi) is 8.14. The van der Waals surface area contributed by atoms with Crippen LogP contribution < -0.4 is 10.7 Å². The van der Waals surface area contributed by atoms with Crippen molar-refractivity contribution in [2.75, 3.05) is 13.6 Å². The number of halogens is 2. The van der Waals surface area contributed by atoms with Crippen molar-refractivity contribution in [2.45, 2.75) is 38.3 Å². The fourth-order valence-corrected chi connectivity index (χ4v) is 6.57. The predicted molar refractivity (Wildman–Crippen MR) is 146 cm³/mol. The summed E-state index contributed by atoms with van der Waals surface area (Å²) in [5.74, 6) is -2.94. The zero-order chi connectivity index (χ0) is 27.6. The Labute approximate surface area is 226 Å². The second kappa shape index (κ2) is 11.2. The van der Waals surface area contributed by atoms with E-state index in [0.29, 0.717) is 30.8 Å². The Morgan fingerprint density at radius 1 is 1.32 bits per heavy atom. The van der Waals surface area contributed by atoms with Gasteiger partial charge in [0.15, 0.2) is 11.4 Å². The van der Waals surface area contributed by atoms with Gasteiger partial charge in [0.05, 0.1) is 10.6 Å². The highest BCUT2D eigenvalue weighted by molar-refractivity contribution is 8.26. The Morgan fingerprint density at radius 2 is 2.08 bits per heavy atom. The highest BCUT2D eigenvalue weighted by Gasteiger charge is 2.44. The molecule has 38 heavy (non-hydrogen) atoms. The molecular weight excluding hydrogens is 532 g/mol. The van der Waals surface area contributed by atoms with Crippen LogP contribution in [0.4, 0.5) is 8.78 Å². The van der Waals surface area contributed by atoms with Crippen LogP contribution in [-0.4, -0.2) is 44.6 Å². The average molecular weight is 560 g/mol. The molecule has 0 spiro atoms. The summed E-state index contributed by atoms with van der Waals surface area (Å²) in [5.41, 5.74) is -1.19. The molecule has 1 atom stereocenters. The van der Waals surface area contributed by atoms with E-state index < -0.39 is 34.4 Å². The molecule has 8 nitrogen and oxygen atoms in total. The lowest BCUT2D eigenvalue weighted by Crippen LogP contribution is -2.58. The number of rotatable bonds is 7. The molecule has 0 fully saturated rings. The zero-order valence-electron chi connectivity index (χ0n) is 20.8. The number of aromatic hydroxyl groups is 1. The van der Waals surface area contributed by atoms with Gasteiger partial charge >= 0.3 is 0 Å². The van der Waals surface area contributed by atoms with Crippen molar-refractivity contribution in [2.24, 2.45) is 0 Å². The number of hydrogen-bond acceptors (Lipinski definition) is 8. The zero-order valence-corrected chi connectivity index (χ0v) is 22.4. The predicted octanol–water partition coefficient (Wildman–Crippen LogP) is 4.57. The molecule has 2 aromatic heterocycles. The summed E-state index contributed by atoms with van der Waals surface area (Å²) in [5, 5.41) is 31.9. The van der Waals surface area contributed by atoms with Gasteiger partial charge in [0.2, 0.25) is 5.43 Å². The molecule has 0 saturated heterocycles. The molecule has 1 aliphatic rings. The number of hydrogen-bond donors (Lipinski definition) is 5. The number of pyridine rings is 1. The van der Waals surface area contributed by atoms with E-state index in [0.717, 1.165) is 30.7 Å². The molecule has 0 saturated carbocycles. The SMILES string of the molecule is CCN(C(=O)c1[nH]cc(C(=N)SC(=N)Cc2ccc(F)cc2F)c(=O)c1O)C1(NC)CCCc2sccc21. The molecule has 5 N–H and O–H groups in total. The minimum atomic E-state index is -0.931. The number of fused-ring (bicyclic) bond motifs is 1. The van der Waals surface area contributed by atoms with Crippen molar-refractivity contribution < 1.29 is 18.7 Å². The smallest absolute Gasteiger partial charge is 0.276 e. The number of aromatic nitrogens is 1. The van der Waals surface area contributed by atoms with Gasteiger partial charge in [-0.15, -0.1) is 11.3 Å². The Morgan fingerprint density at radius 3 is 2.76 bits per heavy atom. The molecule has 12 heteroatoms. The number of benzene rings is 1. The van der Waals surface area contributed by atoms with E-state index in [1.165, 1.54) is 10.9 Å². The van der Waals surface area contributed by atoms with Gasteiger partial charge in [0.1, 0.15) is 22.3 Å². The van der Waals surface area contributed by atoms with Crippen LogP contribution in [0.15, 0.2) is 40.6 Å². The van der Waals surface area contributed by atoms with Gasteiger partial charge in [0.25, 0.3) is 5.91 Å². The van der Waals surface area contributed by atoms with Crippen LogP contribution in [0.2, 0.25) is 0 Å². The third-order valence-corrected chi connectivity index (χ3v) is 8.47. The number of nitrogens with zero attached hydrogens (tertiary/aromatic N) is 1. The minimum Gasteiger partial charge on any atom is -0.503 e. The van der Waals surface area contributed by atoms with Crippen molar-refractivity contribution in [1.82, 2.24) is 15.2 Å². The van der Waals surface area contributed by atoms with Crippen LogP contribution in [-0.2, 0) is 18.5 Å². The van der Waals surface area contributed by atoms with Gasteiger partial charge in [-0.05, 0) is 56.3 Å². The summed E-state index contributed by atoms with van der Waals surface area (Å²) < 4.78 is 27.1. The number of thioether (sulfide) groups is 1. The van der Waals surface area contributed by atoms with E-state index in [-0.39, 0.29) is 33.3 Å². The third-order valence-electron chi connectivity index (χ3n) is 6.68. The maximum absolute atomic E-state index is 13.9. The summed E-state index contributed by atoms with van der Waals surface area (Å²) in [6, 6.07) is 4.99. The molecule has 0 bridgehead atoms. The van der Waals surface area contributed by atoms with Gasteiger partial charge < -0.3 is 15.0 Å². The number of aromatic amines is 1. The number of thiophene rings is 1. The molecule has 1 aliphatic carbocycles. The number of carbonyl (C=O) groups is 1. The number of nitrogens with one attached hydrogen (secondary N) is 4. The summed E-state index contributed by atoms with van der Waals surface area (Å²) >= 11 is 2.23. The second-order valence-corrected chi connectivity index (χ2v) is 10.9. The van der Waals surface area contributed by atoms with E-state index in [9.17, 15) is 23.5 Å². The van der Waals surface area contributed by atoms with Crippen LogP contribution in [0.25, 0.3) is 0 Å². The maximum atomic E-state index is 13.9. The van der Waals surface area contributed by atoms with Gasteiger partial charge in [0, 0.05) is 35.7 Å². The quantitative estimate of drug-likeness (QED) is 0.164. The van der Waals surface area contributed by atoms with Crippen LogP contribution in [0.1, 0.15) is 51.8 Å². The molecule has 2 heterocycles. The lowest BCUT2D eigenvalue weighted by atomic mass is 9.85. The number of carbonyl (C=O) groups excluding carboxylic acids is 1. The van der Waals surface area contributed by atoms with Crippen molar-refractivity contribution in [3.05, 3.63) is 85.0 Å². The maximum Gasteiger partial charge on any atom is 0.276 e. The van der Waals surface area contributed by atoms with Crippen LogP contribution in [0.5, 0.6) is 5.75 Å². The van der Waals surface area contributed by atoms with E-state index in [1.54, 1.807) is 23.3 Å². The molecule has 0 aliphatic heterocycles. The van der Waals surface area contributed by atoms with E-state index in [1.807, 2.05) is 18.4 Å². The fourth-order valence-electron chi connectivity index (χ4n) is 4.84. The van der Waals surface area contributed by atoms with Gasteiger partial charge in [-0.25, -0.2) is 8.78 Å². The van der Waals surface area contributed by atoms with Crippen LogP contribution in [0, 0.1) is 22.5 Å². The summed E-state index contributed by atoms with van der Waals surface area (Å²) in [6.45, 7) is 2.13. The lowest BCUT2D eigenvalue weighted by molar-refractivity contribution is 0.0304. The second-order valence-electron chi connectivity index (χ2n) is 8.79. The third kappa shape index (κ3) is 5.03. The molecule has 1 aromatic carbocycles. The topological polar surface area (TPSA) is 133 Å². The first kappa shape index (κ1) is 27.7. The number of H-pyrrole nitrogens is 1. The highest BCUT2D eigenvalue weighted by Crippen LogP contribution is 2.41. The van der Waals surface area contributed by atoms with Gasteiger partial charge in [-0.2, -0.15) is 0 Å². The van der Waals surface area contributed by atoms with Crippen molar-refractivity contribution in [3.63, 3.8) is 0 Å². The summed E-state index contributed by atoms with van der Waals surface area (Å²) in [7, 11) is 1.78. The lowest BCUT2D eigenvalue weighted by Gasteiger charge is -2.46. The van der Waals surface area contributed by atoms with E-state index in [2.05, 4.69) is 10.3 Å². The van der Waals surface area contributed by atoms with E-state index >= 15 is 0 Å². The number of amides is 1. The van der Waals surface area contributed by atoms with E-state index in [4.69, 9.17) is 10.8 Å². The minimum absolute atomic E-state index is 0.0732. The van der Waals surface area contributed by atoms with Crippen LogP contribution in [0.3, 0.4) is 0 Å². The monoisotopic (exact) mass is 559 g/mol. The summed E-state index contributed by atoms with van der Waals surface area (Å²) in [6.07, 6.45) is 3.39. The van der Waals surface area contributed by atoms with Gasteiger partial charge in [-0.3, -0.25) is 25.7 Å². The first-order chi connectivity index (χ1) is 18.1. The first-order valence-corrected chi connectivity index (χ1v) is 13.6. The molecule has 0 radical (unpaired) electrons. The Hall–Kier alpha value is -3.35. The Balaban J connectivity index is 1.57. The standard InChI is InChI=1S/C26H27F2N5O3S2/c1-3-33(26(31-2)9-4-5-19-17(26)8-10-37-19)25(36)21-23(35)22(34)16(13-32-21)24(30)38-20(29)11-14-6-7-15(27)12-18(14)28/h6-8,10,12-13,29-31,35H,3-5,9,11H2,1-2H3,(H,32,34). The molecule has 4 rings (SSSR count). The fraction of sp³-hybridized carbons (Fsp3) is 0.308. The van der Waals surface area contributed by atoms with Crippen molar-refractivity contribution >= 4 is 39.1 Å². The van der Waals surface area contributed by atoms with Crippen LogP contribution >= 0.6 is 23.1 Å². The normalized spacial score (nSPS) is 16.6. The molecule has 1 amide bonds. The van der Waals surface area contributed by atoms with Crippen molar-refractivity contribution in [1.29, 1.82) is 10.8 Å². The molecule has 1 unspecified atom stereocenters. The van der Waals surface area contributed by atoms with Gasteiger partial charge in [-0.1, -0.05) is 17.8 Å². The molecular formula is C26H27F2N5O3S2. The van der Waals surface area contributed by atoms with Crippen molar-refractivity contribution in [3.8, 4) is 5.75 Å².